The molecule has 1 aliphatic heterocycles. The second kappa shape index (κ2) is 11.1. The summed E-state index contributed by atoms with van der Waals surface area (Å²) in [6.45, 7) is 13.2. The van der Waals surface area contributed by atoms with Crippen LogP contribution in [-0.2, 0) is 11.3 Å². The van der Waals surface area contributed by atoms with Crippen molar-refractivity contribution < 1.29 is 14.3 Å². The van der Waals surface area contributed by atoms with Gasteiger partial charge < -0.3 is 24.7 Å². The van der Waals surface area contributed by atoms with Crippen LogP contribution >= 0.6 is 0 Å². The Morgan fingerprint density at radius 1 is 1.14 bits per heavy atom. The average Bonchev–Trinajstić information content (AvgIpc) is 2.77. The van der Waals surface area contributed by atoms with E-state index >= 15 is 0 Å². The van der Waals surface area contributed by atoms with Crippen LogP contribution in [0.4, 0.5) is 5.69 Å². The summed E-state index contributed by atoms with van der Waals surface area (Å²) in [4.78, 5) is 31.2. The second-order valence-electron chi connectivity index (χ2n) is 10.6. The van der Waals surface area contributed by atoms with E-state index in [1.807, 2.05) is 32.9 Å². The van der Waals surface area contributed by atoms with E-state index in [-0.39, 0.29) is 36.3 Å². The number of nitrogens with zero attached hydrogens (tertiary/aromatic N) is 1. The van der Waals surface area contributed by atoms with Crippen molar-refractivity contribution in [2.24, 2.45) is 0 Å². The molecule has 0 bridgehead atoms. The molecule has 2 unspecified atom stereocenters. The van der Waals surface area contributed by atoms with Gasteiger partial charge in [-0.3, -0.25) is 9.59 Å². The van der Waals surface area contributed by atoms with Crippen LogP contribution in [-0.4, -0.2) is 41.8 Å². The molecule has 1 aromatic heterocycles. The van der Waals surface area contributed by atoms with Crippen molar-refractivity contribution in [3.05, 3.63) is 56.5 Å². The normalized spacial score (nSPS) is 22.1. The van der Waals surface area contributed by atoms with Crippen molar-refractivity contribution in [1.82, 2.24) is 10.3 Å². The summed E-state index contributed by atoms with van der Waals surface area (Å²) in [5.74, 6) is 0.540. The molecule has 2 aromatic rings. The van der Waals surface area contributed by atoms with Gasteiger partial charge in [0.15, 0.2) is 0 Å². The molecule has 2 fully saturated rings. The highest BCUT2D eigenvalue weighted by Gasteiger charge is 2.31. The average molecular weight is 496 g/mol. The molecule has 1 amide bonds. The Labute approximate surface area is 214 Å². The van der Waals surface area contributed by atoms with Gasteiger partial charge in [0.05, 0.1) is 18.3 Å². The first-order valence-corrected chi connectivity index (χ1v) is 13.4. The summed E-state index contributed by atoms with van der Waals surface area (Å²) in [7, 11) is 0. The van der Waals surface area contributed by atoms with Crippen LogP contribution in [0.2, 0.25) is 0 Å². The fraction of sp³-hybridized carbons (Fsp3) is 0.586. The van der Waals surface area contributed by atoms with Crippen molar-refractivity contribution in [2.75, 3.05) is 11.4 Å². The summed E-state index contributed by atoms with van der Waals surface area (Å²) >= 11 is 0. The molecule has 2 aliphatic rings. The summed E-state index contributed by atoms with van der Waals surface area (Å²) in [6, 6.07) is 6.22. The Balaban J connectivity index is 1.65. The molecule has 0 spiro atoms. The summed E-state index contributed by atoms with van der Waals surface area (Å²) in [6.07, 6.45) is 5.77. The number of aromatic amines is 1. The van der Waals surface area contributed by atoms with Gasteiger partial charge in [-0.2, -0.15) is 0 Å². The number of hydrogen-bond acceptors (Lipinski definition) is 5. The van der Waals surface area contributed by atoms with E-state index in [1.54, 1.807) is 0 Å². The van der Waals surface area contributed by atoms with Gasteiger partial charge >= 0.3 is 0 Å². The fourth-order valence-corrected chi connectivity index (χ4v) is 5.57. The Morgan fingerprint density at radius 2 is 1.83 bits per heavy atom. The SMILES string of the molecule is CCN(c1cc(OC2CCC2)cc(C(=O)NCc2c(C)cc(C)[nH]c2=O)c1C)C1CC(C)OC(C)C1. The topological polar surface area (TPSA) is 83.7 Å². The maximum absolute atomic E-state index is 13.5. The van der Waals surface area contributed by atoms with E-state index in [2.05, 4.69) is 42.0 Å². The van der Waals surface area contributed by atoms with E-state index in [0.29, 0.717) is 17.2 Å². The first-order valence-electron chi connectivity index (χ1n) is 13.4. The number of H-pyrrole nitrogens is 1. The molecule has 2 heterocycles. The number of amides is 1. The number of hydrogen-bond donors (Lipinski definition) is 2. The predicted octanol–water partition coefficient (Wildman–Crippen LogP) is 4.94. The summed E-state index contributed by atoms with van der Waals surface area (Å²) in [5, 5.41) is 2.99. The molecule has 1 saturated heterocycles. The van der Waals surface area contributed by atoms with Gasteiger partial charge in [0.1, 0.15) is 5.75 Å². The molecule has 1 aromatic carbocycles. The zero-order chi connectivity index (χ0) is 26.0. The van der Waals surface area contributed by atoms with E-state index in [4.69, 9.17) is 9.47 Å². The molecule has 7 heteroatoms. The lowest BCUT2D eigenvalue weighted by molar-refractivity contribution is -0.0376. The third kappa shape index (κ3) is 5.77. The van der Waals surface area contributed by atoms with Crippen LogP contribution in [0.5, 0.6) is 5.75 Å². The molecule has 4 rings (SSSR count). The number of nitrogens with one attached hydrogen (secondary N) is 2. The van der Waals surface area contributed by atoms with Crippen molar-refractivity contribution in [3.8, 4) is 5.75 Å². The Kier molecular flexibility index (Phi) is 8.08. The van der Waals surface area contributed by atoms with Gasteiger partial charge in [0, 0.05) is 47.7 Å². The number of anilines is 1. The number of ether oxygens (including phenoxy) is 2. The fourth-order valence-electron chi connectivity index (χ4n) is 5.57. The van der Waals surface area contributed by atoms with E-state index < -0.39 is 0 Å². The maximum atomic E-state index is 13.5. The van der Waals surface area contributed by atoms with Gasteiger partial charge in [-0.25, -0.2) is 0 Å². The number of aromatic nitrogens is 1. The highest BCUT2D eigenvalue weighted by atomic mass is 16.5. The monoisotopic (exact) mass is 495 g/mol. The Hall–Kier alpha value is -2.80. The minimum Gasteiger partial charge on any atom is -0.490 e. The Morgan fingerprint density at radius 3 is 2.42 bits per heavy atom. The van der Waals surface area contributed by atoms with Gasteiger partial charge in [-0.15, -0.1) is 0 Å². The van der Waals surface area contributed by atoms with Gasteiger partial charge in [-0.1, -0.05) is 0 Å². The molecule has 1 saturated carbocycles. The van der Waals surface area contributed by atoms with Gasteiger partial charge in [0.25, 0.3) is 11.5 Å². The minimum absolute atomic E-state index is 0.160. The van der Waals surface area contributed by atoms with E-state index in [9.17, 15) is 9.59 Å². The van der Waals surface area contributed by atoms with Gasteiger partial charge in [0.2, 0.25) is 0 Å². The summed E-state index contributed by atoms with van der Waals surface area (Å²) < 4.78 is 12.3. The molecular formula is C29H41N3O4. The largest absolute Gasteiger partial charge is 0.490 e. The van der Waals surface area contributed by atoms with Gasteiger partial charge in [-0.05, 0) is 96.9 Å². The highest BCUT2D eigenvalue weighted by molar-refractivity contribution is 5.97. The standard InChI is InChI=1S/C29H41N3O4/c1-7-32(22-12-19(4)35-20(5)13-22)27-15-24(36-23-9-8-10-23)14-25(21(27)6)28(33)30-16-26-17(2)11-18(3)31-29(26)34/h11,14-15,19-20,22-23H,7-10,12-13,16H2,1-6H3,(H,30,33)(H,31,34). The molecule has 7 nitrogen and oxygen atoms in total. The number of carbonyl (C=O) groups is 1. The molecule has 1 aliphatic carbocycles. The van der Waals surface area contributed by atoms with Crippen molar-refractivity contribution in [2.45, 2.75) is 105 Å². The number of pyridine rings is 1. The zero-order valence-corrected chi connectivity index (χ0v) is 22.6. The third-order valence-corrected chi connectivity index (χ3v) is 7.64. The summed E-state index contributed by atoms with van der Waals surface area (Å²) in [5.41, 5.74) is 4.66. The van der Waals surface area contributed by atoms with E-state index in [0.717, 1.165) is 60.5 Å². The van der Waals surface area contributed by atoms with Crippen LogP contribution in [0.1, 0.15) is 85.6 Å². The van der Waals surface area contributed by atoms with Crippen molar-refractivity contribution in [3.63, 3.8) is 0 Å². The lowest BCUT2D eigenvalue weighted by Crippen LogP contribution is -2.44. The molecule has 0 radical (unpaired) electrons. The predicted molar refractivity (Wildman–Crippen MR) is 143 cm³/mol. The molecule has 36 heavy (non-hydrogen) atoms. The van der Waals surface area contributed by atoms with Crippen molar-refractivity contribution in [1.29, 1.82) is 0 Å². The quantitative estimate of drug-likeness (QED) is 0.542. The lowest BCUT2D eigenvalue weighted by atomic mass is 9.95. The molecule has 2 atom stereocenters. The molecular weight excluding hydrogens is 454 g/mol. The maximum Gasteiger partial charge on any atom is 0.253 e. The van der Waals surface area contributed by atoms with Crippen LogP contribution in [0.25, 0.3) is 0 Å². The lowest BCUT2D eigenvalue weighted by Gasteiger charge is -2.41. The number of aryl methyl sites for hydroxylation is 2. The first-order chi connectivity index (χ1) is 17.2. The minimum atomic E-state index is -0.197. The Bertz CT molecular complexity index is 1140. The van der Waals surface area contributed by atoms with E-state index in [1.165, 1.54) is 6.42 Å². The highest BCUT2D eigenvalue weighted by Crippen LogP contribution is 2.36. The first kappa shape index (κ1) is 26.3. The zero-order valence-electron chi connectivity index (χ0n) is 22.6. The number of benzene rings is 1. The van der Waals surface area contributed by atoms with Crippen LogP contribution in [0.3, 0.4) is 0 Å². The molecule has 2 N–H and O–H groups in total. The number of carbonyl (C=O) groups excluding carboxylic acids is 1. The number of rotatable bonds is 8. The second-order valence-corrected chi connectivity index (χ2v) is 10.6. The van der Waals surface area contributed by atoms with Crippen LogP contribution < -0.4 is 20.5 Å². The van der Waals surface area contributed by atoms with Crippen LogP contribution in [0, 0.1) is 20.8 Å². The van der Waals surface area contributed by atoms with Crippen molar-refractivity contribution >= 4 is 11.6 Å². The third-order valence-electron chi connectivity index (χ3n) is 7.64. The molecule has 196 valence electrons. The van der Waals surface area contributed by atoms with Crippen LogP contribution in [0.15, 0.2) is 23.0 Å². The smallest absolute Gasteiger partial charge is 0.253 e.